The van der Waals surface area contributed by atoms with Crippen molar-refractivity contribution in [2.45, 2.75) is 39.0 Å². The summed E-state index contributed by atoms with van der Waals surface area (Å²) in [6, 6.07) is 2.49. The van der Waals surface area contributed by atoms with Gasteiger partial charge in [-0.05, 0) is 35.7 Å². The highest BCUT2D eigenvalue weighted by Gasteiger charge is 2.27. The fraction of sp³-hybridized carbons (Fsp3) is 0.706. The van der Waals surface area contributed by atoms with E-state index in [4.69, 9.17) is 0 Å². The minimum Gasteiger partial charge on any atom is -0.392 e. The molecule has 23 heavy (non-hydrogen) atoms. The number of thiophene rings is 1. The lowest BCUT2D eigenvalue weighted by Gasteiger charge is -2.41. The third kappa shape index (κ3) is 5.57. The smallest absolute Gasteiger partial charge is 0.236 e. The molecule has 130 valence electrons. The minimum atomic E-state index is -0.297. The first kappa shape index (κ1) is 18.4. The second kappa shape index (κ2) is 8.78. The Hall–Kier alpha value is -0.950. The Morgan fingerprint density at radius 1 is 1.52 bits per heavy atom. The molecule has 2 heterocycles. The molecule has 1 fully saturated rings. The summed E-state index contributed by atoms with van der Waals surface area (Å²) in [4.78, 5) is 18.8. The molecular formula is C17H29N3O2S. The highest BCUT2D eigenvalue weighted by Crippen LogP contribution is 2.14. The van der Waals surface area contributed by atoms with Crippen molar-refractivity contribution in [3.8, 4) is 0 Å². The molecule has 1 aromatic heterocycles. The normalized spacial score (nSPS) is 21.3. The van der Waals surface area contributed by atoms with Crippen LogP contribution in [0.3, 0.4) is 0 Å². The SMILES string of the molecule is CC[C@H]1CN(CC(=O)N(C)Cc2ccsc2)CCN1C[C@H](C)O. The number of carbonyl (C=O) groups is 1. The number of hydrogen-bond acceptors (Lipinski definition) is 5. The van der Waals surface area contributed by atoms with Crippen molar-refractivity contribution in [3.63, 3.8) is 0 Å². The van der Waals surface area contributed by atoms with Gasteiger partial charge in [-0.25, -0.2) is 0 Å². The molecule has 6 heteroatoms. The summed E-state index contributed by atoms with van der Waals surface area (Å²) >= 11 is 1.66. The fourth-order valence-electron chi connectivity index (χ4n) is 3.12. The van der Waals surface area contributed by atoms with E-state index in [-0.39, 0.29) is 12.0 Å². The van der Waals surface area contributed by atoms with Crippen LogP contribution >= 0.6 is 11.3 Å². The second-order valence-electron chi connectivity index (χ2n) is 6.52. The third-order valence-electron chi connectivity index (χ3n) is 4.44. The molecule has 0 spiro atoms. The van der Waals surface area contributed by atoms with Gasteiger partial charge in [-0.1, -0.05) is 6.92 Å². The van der Waals surface area contributed by atoms with Crippen molar-refractivity contribution in [2.75, 3.05) is 39.8 Å². The second-order valence-corrected chi connectivity index (χ2v) is 7.30. The standard InChI is InChI=1S/C17H29N3O2S/c1-4-16-11-19(6-7-20(16)9-14(2)21)12-17(22)18(3)10-15-5-8-23-13-15/h5,8,13-14,16,21H,4,6-7,9-12H2,1-3H3/t14-,16-/m0/s1. The van der Waals surface area contributed by atoms with Crippen LogP contribution in [0.4, 0.5) is 0 Å². The van der Waals surface area contributed by atoms with E-state index >= 15 is 0 Å². The van der Waals surface area contributed by atoms with E-state index in [0.717, 1.165) is 32.6 Å². The van der Waals surface area contributed by atoms with E-state index in [0.29, 0.717) is 19.1 Å². The molecule has 1 aliphatic rings. The molecule has 1 saturated heterocycles. The van der Waals surface area contributed by atoms with Crippen molar-refractivity contribution in [2.24, 2.45) is 0 Å². The topological polar surface area (TPSA) is 47.0 Å². The zero-order chi connectivity index (χ0) is 16.8. The highest BCUT2D eigenvalue weighted by molar-refractivity contribution is 7.07. The zero-order valence-electron chi connectivity index (χ0n) is 14.4. The summed E-state index contributed by atoms with van der Waals surface area (Å²) < 4.78 is 0. The molecular weight excluding hydrogens is 310 g/mol. The minimum absolute atomic E-state index is 0.176. The molecule has 2 atom stereocenters. The van der Waals surface area contributed by atoms with Crippen LogP contribution < -0.4 is 0 Å². The predicted molar refractivity (Wildman–Crippen MR) is 94.6 cm³/mol. The van der Waals surface area contributed by atoms with E-state index in [1.165, 1.54) is 5.56 Å². The average Bonchev–Trinajstić information content (AvgIpc) is 3.01. The molecule has 0 radical (unpaired) electrons. The van der Waals surface area contributed by atoms with Crippen molar-refractivity contribution in [1.82, 2.24) is 14.7 Å². The van der Waals surface area contributed by atoms with E-state index in [1.807, 2.05) is 24.3 Å². The number of amides is 1. The number of piperazine rings is 1. The van der Waals surface area contributed by atoms with Gasteiger partial charge in [0.2, 0.25) is 5.91 Å². The number of aliphatic hydroxyl groups is 1. The average molecular weight is 340 g/mol. The maximum atomic E-state index is 12.4. The Labute approximate surface area is 143 Å². The van der Waals surface area contributed by atoms with Gasteiger partial charge >= 0.3 is 0 Å². The van der Waals surface area contributed by atoms with Gasteiger partial charge in [0.1, 0.15) is 0 Å². The van der Waals surface area contributed by atoms with Crippen LogP contribution in [0.2, 0.25) is 0 Å². The van der Waals surface area contributed by atoms with Crippen molar-refractivity contribution in [3.05, 3.63) is 22.4 Å². The van der Waals surface area contributed by atoms with Gasteiger partial charge in [0, 0.05) is 45.8 Å². The molecule has 1 N–H and O–H groups in total. The van der Waals surface area contributed by atoms with Gasteiger partial charge in [-0.15, -0.1) is 0 Å². The van der Waals surface area contributed by atoms with Crippen molar-refractivity contribution >= 4 is 17.2 Å². The van der Waals surface area contributed by atoms with Crippen molar-refractivity contribution in [1.29, 1.82) is 0 Å². The Morgan fingerprint density at radius 3 is 2.91 bits per heavy atom. The molecule has 0 aliphatic carbocycles. The molecule has 0 unspecified atom stereocenters. The molecule has 5 nitrogen and oxygen atoms in total. The van der Waals surface area contributed by atoms with Crippen LogP contribution in [0.5, 0.6) is 0 Å². The van der Waals surface area contributed by atoms with E-state index in [9.17, 15) is 9.90 Å². The number of rotatable bonds is 7. The number of aliphatic hydroxyl groups excluding tert-OH is 1. The summed E-state index contributed by atoms with van der Waals surface area (Å²) in [6.45, 7) is 8.61. The number of hydrogen-bond donors (Lipinski definition) is 1. The summed E-state index contributed by atoms with van der Waals surface area (Å²) in [5, 5.41) is 13.7. The van der Waals surface area contributed by atoms with Crippen LogP contribution in [0.1, 0.15) is 25.8 Å². The van der Waals surface area contributed by atoms with Crippen LogP contribution in [-0.4, -0.2) is 77.6 Å². The predicted octanol–water partition coefficient (Wildman–Crippen LogP) is 1.48. The summed E-state index contributed by atoms with van der Waals surface area (Å²) in [5.41, 5.74) is 1.19. The first-order valence-corrected chi connectivity index (χ1v) is 9.33. The van der Waals surface area contributed by atoms with Crippen LogP contribution in [0.25, 0.3) is 0 Å². The van der Waals surface area contributed by atoms with Crippen molar-refractivity contribution < 1.29 is 9.90 Å². The van der Waals surface area contributed by atoms with Crippen LogP contribution in [0.15, 0.2) is 16.8 Å². The number of β-amino-alcohol motifs (C(OH)–C–C–N with tert-alkyl or cyclic N) is 1. The maximum Gasteiger partial charge on any atom is 0.236 e. The number of carbonyl (C=O) groups excluding carboxylic acids is 1. The lowest BCUT2D eigenvalue weighted by atomic mass is 10.1. The Kier molecular flexibility index (Phi) is 7.02. The van der Waals surface area contributed by atoms with Gasteiger partial charge in [0.15, 0.2) is 0 Å². The third-order valence-corrected chi connectivity index (χ3v) is 5.18. The van der Waals surface area contributed by atoms with Crippen LogP contribution in [-0.2, 0) is 11.3 Å². The first-order valence-electron chi connectivity index (χ1n) is 8.39. The lowest BCUT2D eigenvalue weighted by molar-refractivity contribution is -0.132. The Morgan fingerprint density at radius 2 is 2.30 bits per heavy atom. The fourth-order valence-corrected chi connectivity index (χ4v) is 3.78. The Bertz CT molecular complexity index is 478. The number of likely N-dealkylation sites (N-methyl/N-ethyl adjacent to an activating group) is 1. The lowest BCUT2D eigenvalue weighted by Crippen LogP contribution is -2.56. The first-order chi connectivity index (χ1) is 11.0. The van der Waals surface area contributed by atoms with Gasteiger partial charge < -0.3 is 10.0 Å². The molecule has 1 aliphatic heterocycles. The highest BCUT2D eigenvalue weighted by atomic mass is 32.1. The number of nitrogens with zero attached hydrogens (tertiary/aromatic N) is 3. The van der Waals surface area contributed by atoms with Gasteiger partial charge in [-0.3, -0.25) is 14.6 Å². The molecule has 1 amide bonds. The monoisotopic (exact) mass is 339 g/mol. The summed E-state index contributed by atoms with van der Waals surface area (Å²) in [5.74, 6) is 0.176. The quantitative estimate of drug-likeness (QED) is 0.817. The molecule has 0 aromatic carbocycles. The maximum absolute atomic E-state index is 12.4. The zero-order valence-corrected chi connectivity index (χ0v) is 15.3. The van der Waals surface area contributed by atoms with Gasteiger partial charge in [-0.2, -0.15) is 11.3 Å². The summed E-state index contributed by atoms with van der Waals surface area (Å²) in [6.07, 6.45) is 0.747. The van der Waals surface area contributed by atoms with E-state index in [1.54, 1.807) is 11.3 Å². The van der Waals surface area contributed by atoms with Gasteiger partial charge in [0.25, 0.3) is 0 Å². The van der Waals surface area contributed by atoms with E-state index in [2.05, 4.69) is 28.2 Å². The largest absolute Gasteiger partial charge is 0.392 e. The van der Waals surface area contributed by atoms with Crippen LogP contribution in [0, 0.1) is 0 Å². The Balaban J connectivity index is 1.82. The van der Waals surface area contributed by atoms with E-state index < -0.39 is 0 Å². The van der Waals surface area contributed by atoms with Gasteiger partial charge in [0.05, 0.1) is 12.6 Å². The molecule has 2 rings (SSSR count). The summed E-state index contributed by atoms with van der Waals surface area (Å²) in [7, 11) is 1.88. The molecule has 0 bridgehead atoms. The molecule has 1 aromatic rings. The molecule has 0 saturated carbocycles.